The fraction of sp³-hybridized carbons (Fsp3) is 0.263. The molecular weight excluding hydrogens is 318 g/mol. The predicted octanol–water partition coefficient (Wildman–Crippen LogP) is 4.42. The molecule has 0 N–H and O–H groups in total. The SMILES string of the molecule is CC1(C)CCc2nc(-c3ncc(-c4cccnc4)s3)ccc2C1=O. The fourth-order valence-corrected chi connectivity index (χ4v) is 3.84. The van der Waals surface area contributed by atoms with Gasteiger partial charge in [0.2, 0.25) is 0 Å². The van der Waals surface area contributed by atoms with Gasteiger partial charge in [0.15, 0.2) is 5.78 Å². The Hall–Kier alpha value is -2.40. The maximum atomic E-state index is 12.5. The first kappa shape index (κ1) is 15.1. The Kier molecular flexibility index (Phi) is 3.53. The van der Waals surface area contributed by atoms with Crippen molar-refractivity contribution < 1.29 is 4.79 Å². The van der Waals surface area contributed by atoms with E-state index in [1.54, 1.807) is 17.5 Å². The minimum absolute atomic E-state index is 0.193. The predicted molar refractivity (Wildman–Crippen MR) is 95.0 cm³/mol. The van der Waals surface area contributed by atoms with Crippen LogP contribution in [0.5, 0.6) is 0 Å². The molecular formula is C19H17N3OS. The van der Waals surface area contributed by atoms with E-state index in [4.69, 9.17) is 4.98 Å². The monoisotopic (exact) mass is 335 g/mol. The highest BCUT2D eigenvalue weighted by Crippen LogP contribution is 2.36. The van der Waals surface area contributed by atoms with Crippen molar-refractivity contribution >= 4 is 17.1 Å². The summed E-state index contributed by atoms with van der Waals surface area (Å²) in [6, 6.07) is 7.75. The summed E-state index contributed by atoms with van der Waals surface area (Å²) < 4.78 is 0. The zero-order chi connectivity index (χ0) is 16.7. The van der Waals surface area contributed by atoms with Gasteiger partial charge in [-0.3, -0.25) is 9.78 Å². The summed E-state index contributed by atoms with van der Waals surface area (Å²) in [7, 11) is 0. The number of carbonyl (C=O) groups is 1. The normalized spacial score (nSPS) is 16.0. The van der Waals surface area contributed by atoms with Gasteiger partial charge in [-0.05, 0) is 31.0 Å². The van der Waals surface area contributed by atoms with E-state index in [9.17, 15) is 4.79 Å². The number of nitrogens with zero attached hydrogens (tertiary/aromatic N) is 3. The van der Waals surface area contributed by atoms with Crippen LogP contribution in [0.15, 0.2) is 42.9 Å². The van der Waals surface area contributed by atoms with Gasteiger partial charge in [-0.1, -0.05) is 19.9 Å². The fourth-order valence-electron chi connectivity index (χ4n) is 2.96. The molecule has 0 aromatic carbocycles. The van der Waals surface area contributed by atoms with Gasteiger partial charge < -0.3 is 0 Å². The Morgan fingerprint density at radius 3 is 2.83 bits per heavy atom. The van der Waals surface area contributed by atoms with Crippen molar-refractivity contribution in [2.24, 2.45) is 5.41 Å². The number of thiazole rings is 1. The lowest BCUT2D eigenvalue weighted by molar-refractivity contribution is 0.0809. The van der Waals surface area contributed by atoms with Gasteiger partial charge in [0.1, 0.15) is 5.01 Å². The highest BCUT2D eigenvalue weighted by atomic mass is 32.1. The van der Waals surface area contributed by atoms with E-state index in [1.165, 1.54) is 0 Å². The first-order valence-electron chi connectivity index (χ1n) is 7.96. The lowest BCUT2D eigenvalue weighted by atomic mass is 9.75. The number of ketones is 1. The van der Waals surface area contributed by atoms with Crippen LogP contribution in [0.3, 0.4) is 0 Å². The number of hydrogen-bond acceptors (Lipinski definition) is 5. The van der Waals surface area contributed by atoms with Crippen LogP contribution < -0.4 is 0 Å². The molecule has 0 saturated carbocycles. The average Bonchev–Trinajstić information content (AvgIpc) is 3.09. The quantitative estimate of drug-likeness (QED) is 0.695. The van der Waals surface area contributed by atoms with E-state index >= 15 is 0 Å². The van der Waals surface area contributed by atoms with E-state index in [-0.39, 0.29) is 11.2 Å². The number of carbonyl (C=O) groups excluding carboxylic acids is 1. The summed E-state index contributed by atoms with van der Waals surface area (Å²) in [6.45, 7) is 4.01. The van der Waals surface area contributed by atoms with Gasteiger partial charge in [0, 0.05) is 35.1 Å². The zero-order valence-corrected chi connectivity index (χ0v) is 14.4. The van der Waals surface area contributed by atoms with Gasteiger partial charge in [-0.25, -0.2) is 9.97 Å². The highest BCUT2D eigenvalue weighted by molar-refractivity contribution is 7.18. The van der Waals surface area contributed by atoms with Crippen LogP contribution in [0.1, 0.15) is 36.3 Å². The van der Waals surface area contributed by atoms with Crippen molar-refractivity contribution in [3.63, 3.8) is 0 Å². The van der Waals surface area contributed by atoms with Gasteiger partial charge in [0.05, 0.1) is 16.3 Å². The molecule has 3 aromatic rings. The Bertz CT molecular complexity index is 915. The summed E-state index contributed by atoms with van der Waals surface area (Å²) in [5.74, 6) is 0.193. The molecule has 0 saturated heterocycles. The van der Waals surface area contributed by atoms with Crippen LogP contribution in [-0.2, 0) is 6.42 Å². The molecule has 24 heavy (non-hydrogen) atoms. The van der Waals surface area contributed by atoms with Gasteiger partial charge in [-0.2, -0.15) is 0 Å². The van der Waals surface area contributed by atoms with Crippen molar-refractivity contribution in [2.45, 2.75) is 26.7 Å². The topological polar surface area (TPSA) is 55.7 Å². The van der Waals surface area contributed by atoms with Crippen molar-refractivity contribution in [3.8, 4) is 21.1 Å². The molecule has 0 aliphatic heterocycles. The smallest absolute Gasteiger partial charge is 0.170 e. The molecule has 120 valence electrons. The molecule has 4 rings (SSSR count). The van der Waals surface area contributed by atoms with Crippen molar-refractivity contribution in [2.75, 3.05) is 0 Å². The third-order valence-electron chi connectivity index (χ3n) is 4.49. The minimum Gasteiger partial charge on any atom is -0.294 e. The van der Waals surface area contributed by atoms with Gasteiger partial charge in [0.25, 0.3) is 0 Å². The first-order chi connectivity index (χ1) is 11.5. The lowest BCUT2D eigenvalue weighted by Gasteiger charge is -2.28. The number of pyridine rings is 2. The Labute approximate surface area is 144 Å². The number of fused-ring (bicyclic) bond motifs is 1. The van der Waals surface area contributed by atoms with Gasteiger partial charge in [-0.15, -0.1) is 11.3 Å². The van der Waals surface area contributed by atoms with Crippen molar-refractivity contribution in [1.29, 1.82) is 0 Å². The highest BCUT2D eigenvalue weighted by Gasteiger charge is 2.34. The van der Waals surface area contributed by atoms with Crippen LogP contribution in [0, 0.1) is 5.41 Å². The standard InChI is InChI=1S/C19H17N3OS/c1-19(2)8-7-14-13(17(19)23)5-6-15(22-14)18-21-11-16(24-18)12-4-3-9-20-10-12/h3-6,9-11H,7-8H2,1-2H3. The minimum atomic E-state index is -0.287. The number of aromatic nitrogens is 3. The maximum Gasteiger partial charge on any atom is 0.170 e. The summed E-state index contributed by atoms with van der Waals surface area (Å²) in [4.78, 5) is 26.9. The molecule has 0 fully saturated rings. The third-order valence-corrected chi connectivity index (χ3v) is 5.56. The van der Waals surface area contributed by atoms with E-state index in [0.717, 1.165) is 45.2 Å². The molecule has 0 spiro atoms. The van der Waals surface area contributed by atoms with Gasteiger partial charge >= 0.3 is 0 Å². The largest absolute Gasteiger partial charge is 0.294 e. The molecule has 1 aliphatic carbocycles. The van der Waals surface area contributed by atoms with Crippen LogP contribution in [0.25, 0.3) is 21.1 Å². The molecule has 0 radical (unpaired) electrons. The molecule has 0 atom stereocenters. The summed E-state index contributed by atoms with van der Waals surface area (Å²) in [5.41, 5.74) is 3.26. The number of aryl methyl sites for hydroxylation is 1. The third kappa shape index (κ3) is 2.55. The molecule has 4 nitrogen and oxygen atoms in total. The van der Waals surface area contributed by atoms with Crippen LogP contribution in [-0.4, -0.2) is 20.7 Å². The van der Waals surface area contributed by atoms with E-state index < -0.39 is 0 Å². The van der Waals surface area contributed by atoms with Crippen LogP contribution in [0.4, 0.5) is 0 Å². The molecule has 0 bridgehead atoms. The second-order valence-electron chi connectivity index (χ2n) is 6.68. The number of rotatable bonds is 2. The summed E-state index contributed by atoms with van der Waals surface area (Å²) in [6.07, 6.45) is 7.12. The Morgan fingerprint density at radius 1 is 1.17 bits per heavy atom. The molecule has 0 amide bonds. The van der Waals surface area contributed by atoms with E-state index in [0.29, 0.717) is 0 Å². The number of Topliss-reactive ketones (excluding diaryl/α,β-unsaturated/α-hetero) is 1. The average molecular weight is 335 g/mol. The van der Waals surface area contributed by atoms with Crippen molar-refractivity contribution in [1.82, 2.24) is 15.0 Å². The molecule has 1 aliphatic rings. The second-order valence-corrected chi connectivity index (χ2v) is 7.71. The molecule has 0 unspecified atom stereocenters. The zero-order valence-electron chi connectivity index (χ0n) is 13.6. The van der Waals surface area contributed by atoms with E-state index in [2.05, 4.69) is 9.97 Å². The van der Waals surface area contributed by atoms with Crippen LogP contribution >= 0.6 is 11.3 Å². The number of hydrogen-bond donors (Lipinski definition) is 0. The van der Waals surface area contributed by atoms with Crippen LogP contribution in [0.2, 0.25) is 0 Å². The maximum absolute atomic E-state index is 12.5. The molecule has 3 heterocycles. The second kappa shape index (κ2) is 5.60. The summed E-state index contributed by atoms with van der Waals surface area (Å²) in [5, 5.41) is 0.869. The van der Waals surface area contributed by atoms with Crippen molar-refractivity contribution in [3.05, 3.63) is 54.1 Å². The molecule has 5 heteroatoms. The Morgan fingerprint density at radius 2 is 2.04 bits per heavy atom. The molecule has 3 aromatic heterocycles. The summed E-state index contributed by atoms with van der Waals surface area (Å²) >= 11 is 1.59. The first-order valence-corrected chi connectivity index (χ1v) is 8.77. The van der Waals surface area contributed by atoms with E-state index in [1.807, 2.05) is 50.5 Å². The Balaban J connectivity index is 1.70. The lowest BCUT2D eigenvalue weighted by Crippen LogP contribution is -2.31.